The molecule has 1 aliphatic carbocycles. The zero-order valence-electron chi connectivity index (χ0n) is 13.3. The molecule has 0 unspecified atom stereocenters. The highest BCUT2D eigenvalue weighted by molar-refractivity contribution is 5.80. The zero-order chi connectivity index (χ0) is 15.5. The minimum absolute atomic E-state index is 0.175. The van der Waals surface area contributed by atoms with E-state index in [-0.39, 0.29) is 5.82 Å². The maximum absolute atomic E-state index is 12.9. The predicted molar refractivity (Wildman–Crippen MR) is 84.8 cm³/mol. The molecule has 0 aromatic heterocycles. The van der Waals surface area contributed by atoms with E-state index in [9.17, 15) is 9.18 Å². The van der Waals surface area contributed by atoms with E-state index < -0.39 is 0 Å². The van der Waals surface area contributed by atoms with Gasteiger partial charge in [-0.2, -0.15) is 0 Å². The van der Waals surface area contributed by atoms with Gasteiger partial charge in [0.05, 0.1) is 0 Å². The van der Waals surface area contributed by atoms with Gasteiger partial charge >= 0.3 is 0 Å². The SMILES string of the molecule is CN(CC1CCN(Cc2ccc(F)cc2)CC1)C(=O)C1CC1. The van der Waals surface area contributed by atoms with Crippen molar-refractivity contribution in [2.24, 2.45) is 11.8 Å². The molecule has 4 heteroatoms. The Morgan fingerprint density at radius 1 is 1.18 bits per heavy atom. The normalized spacial score (nSPS) is 20.1. The Bertz CT molecular complexity index is 504. The fraction of sp³-hybridized carbons (Fsp3) is 0.611. The van der Waals surface area contributed by atoms with Crippen molar-refractivity contribution in [1.29, 1.82) is 0 Å². The molecule has 0 radical (unpaired) electrons. The summed E-state index contributed by atoms with van der Waals surface area (Å²) in [6.45, 7) is 3.92. The Morgan fingerprint density at radius 2 is 1.82 bits per heavy atom. The number of amides is 1. The van der Waals surface area contributed by atoms with Crippen molar-refractivity contribution in [3.8, 4) is 0 Å². The van der Waals surface area contributed by atoms with Crippen LogP contribution in [0.4, 0.5) is 4.39 Å². The number of nitrogens with zero attached hydrogens (tertiary/aromatic N) is 2. The monoisotopic (exact) mass is 304 g/mol. The molecule has 1 aromatic rings. The molecule has 120 valence electrons. The molecule has 2 fully saturated rings. The van der Waals surface area contributed by atoms with Gasteiger partial charge in [0.2, 0.25) is 5.91 Å². The smallest absolute Gasteiger partial charge is 0.225 e. The van der Waals surface area contributed by atoms with Gasteiger partial charge in [-0.25, -0.2) is 4.39 Å². The first kappa shape index (κ1) is 15.5. The van der Waals surface area contributed by atoms with Crippen LogP contribution < -0.4 is 0 Å². The number of halogens is 1. The van der Waals surface area contributed by atoms with Gasteiger partial charge in [-0.1, -0.05) is 12.1 Å². The Labute approximate surface area is 132 Å². The van der Waals surface area contributed by atoms with E-state index in [1.807, 2.05) is 24.1 Å². The van der Waals surface area contributed by atoms with Crippen molar-refractivity contribution in [2.75, 3.05) is 26.7 Å². The lowest BCUT2D eigenvalue weighted by Crippen LogP contribution is -2.39. The second-order valence-electron chi connectivity index (χ2n) is 6.84. The van der Waals surface area contributed by atoms with E-state index in [0.717, 1.165) is 51.9 Å². The van der Waals surface area contributed by atoms with Crippen molar-refractivity contribution < 1.29 is 9.18 Å². The molecule has 0 atom stereocenters. The second kappa shape index (κ2) is 6.78. The second-order valence-corrected chi connectivity index (χ2v) is 6.84. The molecule has 1 saturated heterocycles. The van der Waals surface area contributed by atoms with Crippen molar-refractivity contribution in [3.05, 3.63) is 35.6 Å². The first-order valence-corrected chi connectivity index (χ1v) is 8.33. The summed E-state index contributed by atoms with van der Waals surface area (Å²) in [5.41, 5.74) is 1.17. The number of benzene rings is 1. The first-order valence-electron chi connectivity index (χ1n) is 8.33. The molecular formula is C18H25FN2O. The van der Waals surface area contributed by atoms with E-state index in [2.05, 4.69) is 4.90 Å². The molecule has 0 bridgehead atoms. The van der Waals surface area contributed by atoms with Crippen LogP contribution in [-0.4, -0.2) is 42.4 Å². The third-order valence-electron chi connectivity index (χ3n) is 4.86. The maximum atomic E-state index is 12.9. The topological polar surface area (TPSA) is 23.6 Å². The number of likely N-dealkylation sites (tertiary alicyclic amines) is 1. The first-order chi connectivity index (χ1) is 10.6. The average Bonchev–Trinajstić information content (AvgIpc) is 3.35. The summed E-state index contributed by atoms with van der Waals surface area (Å²) < 4.78 is 12.9. The van der Waals surface area contributed by atoms with Crippen molar-refractivity contribution in [2.45, 2.75) is 32.2 Å². The van der Waals surface area contributed by atoms with Crippen LogP contribution in [0.3, 0.4) is 0 Å². The van der Waals surface area contributed by atoms with E-state index >= 15 is 0 Å². The van der Waals surface area contributed by atoms with Gasteiger partial charge in [0, 0.05) is 26.1 Å². The van der Waals surface area contributed by atoms with Crippen LogP contribution >= 0.6 is 0 Å². The van der Waals surface area contributed by atoms with Crippen LogP contribution in [0, 0.1) is 17.7 Å². The molecule has 22 heavy (non-hydrogen) atoms. The van der Waals surface area contributed by atoms with Crippen LogP contribution in [0.5, 0.6) is 0 Å². The Balaban J connectivity index is 1.42. The van der Waals surface area contributed by atoms with Crippen LogP contribution in [0.15, 0.2) is 24.3 Å². The summed E-state index contributed by atoms with van der Waals surface area (Å²) in [5.74, 6) is 1.11. The molecular weight excluding hydrogens is 279 g/mol. The lowest BCUT2D eigenvalue weighted by molar-refractivity contribution is -0.132. The van der Waals surface area contributed by atoms with E-state index in [0.29, 0.717) is 17.7 Å². The highest BCUT2D eigenvalue weighted by Gasteiger charge is 2.33. The summed E-state index contributed by atoms with van der Waals surface area (Å²) in [6, 6.07) is 6.79. The van der Waals surface area contributed by atoms with Gasteiger partial charge in [-0.05, 0) is 62.4 Å². The minimum Gasteiger partial charge on any atom is -0.345 e. The Morgan fingerprint density at radius 3 is 2.41 bits per heavy atom. The van der Waals surface area contributed by atoms with Crippen LogP contribution in [0.25, 0.3) is 0 Å². The Kier molecular flexibility index (Phi) is 4.77. The molecule has 1 heterocycles. The number of rotatable bonds is 5. The average molecular weight is 304 g/mol. The van der Waals surface area contributed by atoms with Crippen LogP contribution in [0.1, 0.15) is 31.2 Å². The van der Waals surface area contributed by atoms with Gasteiger partial charge in [0.15, 0.2) is 0 Å². The predicted octanol–water partition coefficient (Wildman–Crippen LogP) is 2.91. The third-order valence-corrected chi connectivity index (χ3v) is 4.86. The van der Waals surface area contributed by atoms with Crippen molar-refractivity contribution in [3.63, 3.8) is 0 Å². The summed E-state index contributed by atoms with van der Waals surface area (Å²) >= 11 is 0. The summed E-state index contributed by atoms with van der Waals surface area (Å²) in [5, 5.41) is 0. The highest BCUT2D eigenvalue weighted by Crippen LogP contribution is 2.31. The quantitative estimate of drug-likeness (QED) is 0.835. The maximum Gasteiger partial charge on any atom is 0.225 e. The summed E-state index contributed by atoms with van der Waals surface area (Å²) in [4.78, 5) is 16.4. The van der Waals surface area contributed by atoms with Crippen LogP contribution in [0.2, 0.25) is 0 Å². The Hall–Kier alpha value is -1.42. The van der Waals surface area contributed by atoms with Gasteiger partial charge < -0.3 is 4.90 Å². The summed E-state index contributed by atoms with van der Waals surface area (Å²) in [6.07, 6.45) is 4.45. The summed E-state index contributed by atoms with van der Waals surface area (Å²) in [7, 11) is 1.95. The number of carbonyl (C=O) groups is 1. The largest absolute Gasteiger partial charge is 0.345 e. The van der Waals surface area contributed by atoms with E-state index in [1.54, 1.807) is 0 Å². The van der Waals surface area contributed by atoms with Gasteiger partial charge in [-0.15, -0.1) is 0 Å². The molecule has 1 amide bonds. The standard InChI is InChI=1S/C18H25FN2O/c1-20(18(22)16-4-5-16)12-15-8-10-21(11-9-15)13-14-2-6-17(19)7-3-14/h2-3,6-7,15-16H,4-5,8-13H2,1H3. The molecule has 0 N–H and O–H groups in total. The number of carbonyl (C=O) groups excluding carboxylic acids is 1. The zero-order valence-corrected chi connectivity index (χ0v) is 13.3. The molecule has 3 nitrogen and oxygen atoms in total. The van der Waals surface area contributed by atoms with Crippen molar-refractivity contribution in [1.82, 2.24) is 9.80 Å². The fourth-order valence-corrected chi connectivity index (χ4v) is 3.29. The number of piperidine rings is 1. The molecule has 0 spiro atoms. The van der Waals surface area contributed by atoms with Crippen molar-refractivity contribution >= 4 is 5.91 Å². The fourth-order valence-electron chi connectivity index (χ4n) is 3.29. The van der Waals surface area contributed by atoms with Gasteiger partial charge in [0.25, 0.3) is 0 Å². The molecule has 1 aromatic carbocycles. The highest BCUT2D eigenvalue weighted by atomic mass is 19.1. The molecule has 1 aliphatic heterocycles. The lowest BCUT2D eigenvalue weighted by Gasteiger charge is -2.34. The van der Waals surface area contributed by atoms with Crippen LogP contribution in [-0.2, 0) is 11.3 Å². The van der Waals surface area contributed by atoms with E-state index in [4.69, 9.17) is 0 Å². The molecule has 3 rings (SSSR count). The lowest BCUT2D eigenvalue weighted by atomic mass is 9.96. The number of hydrogen-bond donors (Lipinski definition) is 0. The minimum atomic E-state index is -0.175. The van der Waals surface area contributed by atoms with Gasteiger partial charge in [-0.3, -0.25) is 9.69 Å². The van der Waals surface area contributed by atoms with Gasteiger partial charge in [0.1, 0.15) is 5.82 Å². The number of hydrogen-bond acceptors (Lipinski definition) is 2. The molecule has 1 saturated carbocycles. The third kappa shape index (κ3) is 4.07. The molecule has 2 aliphatic rings. The van der Waals surface area contributed by atoms with E-state index in [1.165, 1.54) is 17.7 Å².